The number of hydrogen-bond donors (Lipinski definition) is 0. The molecule has 1 aromatic carbocycles. The first-order valence-electron chi connectivity index (χ1n) is 13.9. The van der Waals surface area contributed by atoms with Crippen LogP contribution in [0.25, 0.3) is 0 Å². The third-order valence-corrected chi connectivity index (χ3v) is 7.49. The van der Waals surface area contributed by atoms with E-state index in [0.717, 1.165) is 31.1 Å². The maximum absolute atomic E-state index is 9.83. The van der Waals surface area contributed by atoms with Crippen molar-refractivity contribution in [2.75, 3.05) is 6.61 Å². The fourth-order valence-corrected chi connectivity index (χ4v) is 5.28. The van der Waals surface area contributed by atoms with Gasteiger partial charge < -0.3 is 4.74 Å². The summed E-state index contributed by atoms with van der Waals surface area (Å²) in [5, 5.41) is 9.83. The number of benzene rings is 1. The van der Waals surface area contributed by atoms with Gasteiger partial charge in [0, 0.05) is 0 Å². The first-order chi connectivity index (χ1) is 15.8. The van der Waals surface area contributed by atoms with Crippen molar-refractivity contribution in [2.24, 2.45) is 17.8 Å². The van der Waals surface area contributed by atoms with E-state index in [1.54, 1.807) is 0 Å². The second-order valence-electron chi connectivity index (χ2n) is 10.2. The molecule has 0 saturated heterocycles. The summed E-state index contributed by atoms with van der Waals surface area (Å²) in [4.78, 5) is 0. The summed E-state index contributed by atoms with van der Waals surface area (Å²) >= 11 is 0. The van der Waals surface area contributed by atoms with E-state index in [1.165, 1.54) is 102 Å². The Bertz CT molecular complexity index is 609. The van der Waals surface area contributed by atoms with Crippen molar-refractivity contribution in [3.8, 4) is 11.8 Å². The molecule has 2 heteroatoms. The topological polar surface area (TPSA) is 33.0 Å². The summed E-state index contributed by atoms with van der Waals surface area (Å²) in [7, 11) is 0. The molecule has 1 unspecified atom stereocenters. The molecule has 1 aromatic rings. The van der Waals surface area contributed by atoms with Crippen LogP contribution in [0, 0.1) is 29.1 Å². The van der Waals surface area contributed by atoms with Crippen molar-refractivity contribution in [1.29, 1.82) is 5.26 Å². The van der Waals surface area contributed by atoms with E-state index in [4.69, 9.17) is 4.74 Å². The number of ether oxygens (including phenoxy) is 1. The Hall–Kier alpha value is -1.49. The van der Waals surface area contributed by atoms with E-state index in [0.29, 0.717) is 5.92 Å². The lowest BCUT2D eigenvalue weighted by Crippen LogP contribution is -2.22. The number of nitriles is 1. The van der Waals surface area contributed by atoms with Crippen molar-refractivity contribution >= 4 is 0 Å². The number of rotatable bonds is 17. The Labute approximate surface area is 199 Å². The van der Waals surface area contributed by atoms with E-state index in [9.17, 15) is 5.26 Å². The molecule has 0 bridgehead atoms. The van der Waals surface area contributed by atoms with Gasteiger partial charge in [-0.2, -0.15) is 5.26 Å². The van der Waals surface area contributed by atoms with Gasteiger partial charge in [0.25, 0.3) is 0 Å². The van der Waals surface area contributed by atoms with Crippen molar-refractivity contribution in [3.05, 3.63) is 29.8 Å². The zero-order valence-corrected chi connectivity index (χ0v) is 21.1. The van der Waals surface area contributed by atoms with E-state index in [-0.39, 0.29) is 5.92 Å². The average Bonchev–Trinajstić information content (AvgIpc) is 2.83. The van der Waals surface area contributed by atoms with Crippen LogP contribution >= 0.6 is 0 Å². The predicted molar refractivity (Wildman–Crippen MR) is 137 cm³/mol. The SMILES string of the molecule is CCCCCCCCOc1ccc(CC(C#N)[C@H]2CC[C@H](CCCCCCC)CC2)cc1. The normalized spacial score (nSPS) is 19.4. The van der Waals surface area contributed by atoms with Crippen LogP contribution < -0.4 is 4.74 Å². The maximum atomic E-state index is 9.83. The molecule has 1 atom stereocenters. The fraction of sp³-hybridized carbons (Fsp3) is 0.767. The summed E-state index contributed by atoms with van der Waals surface area (Å²) in [5.41, 5.74) is 1.28. The van der Waals surface area contributed by atoms with Gasteiger partial charge in [-0.3, -0.25) is 0 Å². The van der Waals surface area contributed by atoms with E-state index in [2.05, 4.69) is 44.2 Å². The average molecular weight is 440 g/mol. The highest BCUT2D eigenvalue weighted by atomic mass is 16.5. The van der Waals surface area contributed by atoms with Crippen LogP contribution in [0.15, 0.2) is 24.3 Å². The molecule has 2 rings (SSSR count). The third kappa shape index (κ3) is 10.9. The second kappa shape index (κ2) is 17.0. The maximum Gasteiger partial charge on any atom is 0.119 e. The molecule has 1 fully saturated rings. The largest absolute Gasteiger partial charge is 0.494 e. The molecule has 1 saturated carbocycles. The van der Waals surface area contributed by atoms with E-state index in [1.807, 2.05) is 0 Å². The van der Waals surface area contributed by atoms with Crippen molar-refractivity contribution < 1.29 is 4.74 Å². The van der Waals surface area contributed by atoms with Gasteiger partial charge in [0.1, 0.15) is 5.75 Å². The predicted octanol–water partition coefficient (Wildman–Crippen LogP) is 9.28. The molecule has 32 heavy (non-hydrogen) atoms. The zero-order valence-electron chi connectivity index (χ0n) is 21.1. The Balaban J connectivity index is 1.64. The summed E-state index contributed by atoms with van der Waals surface area (Å²) in [6.45, 7) is 5.35. The number of unbranched alkanes of at least 4 members (excludes halogenated alkanes) is 9. The van der Waals surface area contributed by atoms with Gasteiger partial charge in [0.05, 0.1) is 18.6 Å². The summed E-state index contributed by atoms with van der Waals surface area (Å²) in [6.07, 6.45) is 22.2. The first-order valence-corrected chi connectivity index (χ1v) is 13.9. The quantitative estimate of drug-likeness (QED) is 0.226. The van der Waals surface area contributed by atoms with Crippen molar-refractivity contribution in [3.63, 3.8) is 0 Å². The van der Waals surface area contributed by atoms with Gasteiger partial charge in [0.2, 0.25) is 0 Å². The lowest BCUT2D eigenvalue weighted by molar-refractivity contribution is 0.220. The highest BCUT2D eigenvalue weighted by Crippen LogP contribution is 2.37. The van der Waals surface area contributed by atoms with Crippen LogP contribution in [-0.2, 0) is 6.42 Å². The van der Waals surface area contributed by atoms with Crippen LogP contribution in [0.1, 0.15) is 122 Å². The molecular formula is C30H49NO. The van der Waals surface area contributed by atoms with Gasteiger partial charge in [-0.05, 0) is 55.2 Å². The minimum absolute atomic E-state index is 0.162. The Morgan fingerprint density at radius 1 is 0.812 bits per heavy atom. The second-order valence-corrected chi connectivity index (χ2v) is 10.2. The molecule has 1 aliphatic rings. The van der Waals surface area contributed by atoms with E-state index < -0.39 is 0 Å². The van der Waals surface area contributed by atoms with Crippen LogP contribution in [0.2, 0.25) is 0 Å². The van der Waals surface area contributed by atoms with Gasteiger partial charge in [-0.15, -0.1) is 0 Å². The van der Waals surface area contributed by atoms with Gasteiger partial charge in [-0.25, -0.2) is 0 Å². The first kappa shape index (κ1) is 26.8. The minimum atomic E-state index is 0.162. The van der Waals surface area contributed by atoms with Crippen molar-refractivity contribution in [1.82, 2.24) is 0 Å². The molecule has 0 N–H and O–H groups in total. The monoisotopic (exact) mass is 439 g/mol. The standard InChI is InChI=1S/C30H49NO/c1-3-5-7-9-11-13-23-32-30-21-17-27(18-22-30)24-29(25-31)28-19-15-26(16-20-28)14-12-10-8-6-4-2/h17-18,21-22,26,28-29H,3-16,19-20,23-24H2,1-2H3/t26-,28-,29?. The third-order valence-electron chi connectivity index (χ3n) is 7.49. The molecule has 0 aliphatic heterocycles. The summed E-state index contributed by atoms with van der Waals surface area (Å²) < 4.78 is 5.92. The van der Waals surface area contributed by atoms with Crippen LogP contribution in [0.4, 0.5) is 0 Å². The summed E-state index contributed by atoms with van der Waals surface area (Å²) in [5.74, 6) is 2.63. The number of nitrogens with zero attached hydrogens (tertiary/aromatic N) is 1. The molecule has 0 amide bonds. The number of hydrogen-bond acceptors (Lipinski definition) is 2. The molecule has 1 aliphatic carbocycles. The zero-order chi connectivity index (χ0) is 22.9. The van der Waals surface area contributed by atoms with Gasteiger partial charge >= 0.3 is 0 Å². The molecule has 2 nitrogen and oxygen atoms in total. The van der Waals surface area contributed by atoms with Crippen LogP contribution in [-0.4, -0.2) is 6.61 Å². The molecule has 180 valence electrons. The smallest absolute Gasteiger partial charge is 0.119 e. The summed E-state index contributed by atoms with van der Waals surface area (Å²) in [6, 6.07) is 11.2. The van der Waals surface area contributed by atoms with Crippen LogP contribution in [0.3, 0.4) is 0 Å². The lowest BCUT2D eigenvalue weighted by atomic mass is 9.73. The molecule has 0 radical (unpaired) electrons. The van der Waals surface area contributed by atoms with Crippen molar-refractivity contribution in [2.45, 2.75) is 123 Å². The van der Waals surface area contributed by atoms with Crippen LogP contribution in [0.5, 0.6) is 5.75 Å². The molecule has 0 aromatic heterocycles. The van der Waals surface area contributed by atoms with E-state index >= 15 is 0 Å². The Morgan fingerprint density at radius 3 is 2.03 bits per heavy atom. The van der Waals surface area contributed by atoms with Gasteiger partial charge in [-0.1, -0.05) is 109 Å². The fourth-order valence-electron chi connectivity index (χ4n) is 5.28. The molecule has 0 spiro atoms. The lowest BCUT2D eigenvalue weighted by Gasteiger charge is -2.31. The molecule has 0 heterocycles. The minimum Gasteiger partial charge on any atom is -0.494 e. The highest BCUT2D eigenvalue weighted by Gasteiger charge is 2.27. The highest BCUT2D eigenvalue weighted by molar-refractivity contribution is 5.28. The van der Waals surface area contributed by atoms with Gasteiger partial charge in [0.15, 0.2) is 0 Å². The Kier molecular flexibility index (Phi) is 14.3. The Morgan fingerprint density at radius 2 is 1.41 bits per heavy atom. The molecular weight excluding hydrogens is 390 g/mol.